The molecule has 2 nitrogen and oxygen atoms in total. The van der Waals surface area contributed by atoms with E-state index >= 15 is 0 Å². The van der Waals surface area contributed by atoms with E-state index in [2.05, 4.69) is 11.1 Å². The van der Waals surface area contributed by atoms with Crippen molar-refractivity contribution in [2.45, 2.75) is 13.3 Å². The van der Waals surface area contributed by atoms with Crippen molar-refractivity contribution in [3.8, 4) is 0 Å². The van der Waals surface area contributed by atoms with Crippen LogP contribution in [0, 0.1) is 6.92 Å². The highest BCUT2D eigenvalue weighted by Crippen LogP contribution is 2.25. The fourth-order valence-corrected chi connectivity index (χ4v) is 2.11. The van der Waals surface area contributed by atoms with Gasteiger partial charge in [0.25, 0.3) is 0 Å². The lowest BCUT2D eigenvalue weighted by Crippen LogP contribution is -1.97. The molecule has 0 aliphatic heterocycles. The minimum atomic E-state index is 0.701. The van der Waals surface area contributed by atoms with Crippen molar-refractivity contribution in [1.29, 1.82) is 0 Å². The van der Waals surface area contributed by atoms with Crippen LogP contribution in [0.2, 0.25) is 5.02 Å². The van der Waals surface area contributed by atoms with Crippen molar-refractivity contribution >= 4 is 22.5 Å². The van der Waals surface area contributed by atoms with Gasteiger partial charge in [-0.15, -0.1) is 0 Å². The number of rotatable bonds is 3. The maximum Gasteiger partial charge on any atom is 0.0752 e. The van der Waals surface area contributed by atoms with Crippen molar-refractivity contribution < 1.29 is 4.74 Å². The Morgan fingerprint density at radius 3 is 2.94 bits per heavy atom. The maximum atomic E-state index is 6.20. The highest BCUT2D eigenvalue weighted by Gasteiger charge is 2.06. The Morgan fingerprint density at radius 2 is 2.19 bits per heavy atom. The Hall–Kier alpha value is -1.12. The van der Waals surface area contributed by atoms with E-state index in [1.807, 2.05) is 25.1 Å². The average Bonchev–Trinajstić information content (AvgIpc) is 2.26. The van der Waals surface area contributed by atoms with Crippen LogP contribution in [0.25, 0.3) is 10.9 Å². The molecule has 0 bridgehead atoms. The number of benzene rings is 1. The summed E-state index contributed by atoms with van der Waals surface area (Å²) in [5.74, 6) is 0. The number of methoxy groups -OCH3 is 1. The summed E-state index contributed by atoms with van der Waals surface area (Å²) in [7, 11) is 1.71. The van der Waals surface area contributed by atoms with Gasteiger partial charge in [-0.2, -0.15) is 0 Å². The van der Waals surface area contributed by atoms with Crippen LogP contribution in [-0.2, 0) is 11.2 Å². The van der Waals surface area contributed by atoms with Gasteiger partial charge in [-0.1, -0.05) is 29.8 Å². The number of ether oxygens (including phenoxy) is 1. The number of aryl methyl sites for hydroxylation is 1. The lowest BCUT2D eigenvalue weighted by atomic mass is 10.1. The second kappa shape index (κ2) is 4.81. The molecule has 1 aromatic heterocycles. The lowest BCUT2D eigenvalue weighted by Gasteiger charge is -2.07. The van der Waals surface area contributed by atoms with Crippen LogP contribution < -0.4 is 0 Å². The third kappa shape index (κ3) is 2.18. The molecular weight excluding hydrogens is 222 g/mol. The summed E-state index contributed by atoms with van der Waals surface area (Å²) >= 11 is 6.20. The van der Waals surface area contributed by atoms with E-state index in [0.717, 1.165) is 28.0 Å². The first-order valence-electron chi connectivity index (χ1n) is 5.26. The highest BCUT2D eigenvalue weighted by molar-refractivity contribution is 6.35. The van der Waals surface area contributed by atoms with Crippen molar-refractivity contribution in [2.24, 2.45) is 0 Å². The van der Waals surface area contributed by atoms with E-state index in [1.165, 1.54) is 5.56 Å². The van der Waals surface area contributed by atoms with Crippen LogP contribution in [0.3, 0.4) is 0 Å². The van der Waals surface area contributed by atoms with Gasteiger partial charge in [-0.3, -0.25) is 4.98 Å². The third-order valence-corrected chi connectivity index (χ3v) is 2.89. The maximum absolute atomic E-state index is 6.20. The quantitative estimate of drug-likeness (QED) is 0.814. The molecule has 0 atom stereocenters. The van der Waals surface area contributed by atoms with Gasteiger partial charge in [0.1, 0.15) is 0 Å². The average molecular weight is 236 g/mol. The summed E-state index contributed by atoms with van der Waals surface area (Å²) in [6.45, 7) is 2.66. The number of nitrogens with zero attached hydrogens (tertiary/aromatic N) is 1. The second-order valence-electron chi connectivity index (χ2n) is 3.80. The van der Waals surface area contributed by atoms with E-state index in [1.54, 1.807) is 7.11 Å². The van der Waals surface area contributed by atoms with Crippen LogP contribution in [0.1, 0.15) is 11.3 Å². The lowest BCUT2D eigenvalue weighted by molar-refractivity contribution is 0.202. The Labute approximate surface area is 100 Å². The predicted octanol–water partition coefficient (Wildman–Crippen LogP) is 3.39. The highest BCUT2D eigenvalue weighted by atomic mass is 35.5. The molecule has 0 radical (unpaired) electrons. The molecule has 0 saturated carbocycles. The Bertz CT molecular complexity index is 511. The van der Waals surface area contributed by atoms with Crippen molar-refractivity contribution in [1.82, 2.24) is 4.98 Å². The van der Waals surface area contributed by atoms with Crippen LogP contribution in [0.5, 0.6) is 0 Å². The summed E-state index contributed by atoms with van der Waals surface area (Å²) in [6.07, 6.45) is 0.862. The molecule has 0 aliphatic carbocycles. The predicted molar refractivity (Wildman–Crippen MR) is 67.1 cm³/mol. The molecule has 0 aliphatic rings. The number of hydrogen-bond donors (Lipinski definition) is 0. The van der Waals surface area contributed by atoms with Gasteiger partial charge in [0, 0.05) is 18.2 Å². The fourth-order valence-electron chi connectivity index (χ4n) is 1.80. The molecule has 0 N–H and O–H groups in total. The fraction of sp³-hybridized carbons (Fsp3) is 0.308. The molecule has 84 valence electrons. The molecule has 0 fully saturated rings. The standard InChI is InChI=1S/C13H14ClNO/c1-9-8-12(14)11-5-3-4-10(6-7-16-2)13(11)15-9/h3-5,8H,6-7H2,1-2H3. The molecule has 2 rings (SSSR count). The van der Waals surface area contributed by atoms with Gasteiger partial charge in [-0.25, -0.2) is 0 Å². The number of hydrogen-bond acceptors (Lipinski definition) is 2. The largest absolute Gasteiger partial charge is 0.384 e. The Kier molecular flexibility index (Phi) is 3.42. The molecule has 0 spiro atoms. The van der Waals surface area contributed by atoms with Gasteiger partial charge in [0.15, 0.2) is 0 Å². The molecule has 3 heteroatoms. The zero-order valence-corrected chi connectivity index (χ0v) is 10.2. The first-order valence-corrected chi connectivity index (χ1v) is 5.64. The molecule has 0 amide bonds. The van der Waals surface area contributed by atoms with Crippen LogP contribution in [0.15, 0.2) is 24.3 Å². The van der Waals surface area contributed by atoms with Crippen LogP contribution in [-0.4, -0.2) is 18.7 Å². The van der Waals surface area contributed by atoms with Gasteiger partial charge in [0.2, 0.25) is 0 Å². The summed E-state index contributed by atoms with van der Waals surface area (Å²) in [4.78, 5) is 4.55. The van der Waals surface area contributed by atoms with Gasteiger partial charge in [-0.05, 0) is 25.0 Å². The molecular formula is C13H14ClNO. The second-order valence-corrected chi connectivity index (χ2v) is 4.21. The monoisotopic (exact) mass is 235 g/mol. The molecule has 2 aromatic rings. The van der Waals surface area contributed by atoms with Gasteiger partial charge >= 0.3 is 0 Å². The van der Waals surface area contributed by atoms with Gasteiger partial charge in [0.05, 0.1) is 17.1 Å². The summed E-state index contributed by atoms with van der Waals surface area (Å²) < 4.78 is 5.09. The number of pyridine rings is 1. The van der Waals surface area contributed by atoms with Crippen molar-refractivity contribution in [2.75, 3.05) is 13.7 Å². The van der Waals surface area contributed by atoms with Crippen molar-refractivity contribution in [3.63, 3.8) is 0 Å². The zero-order valence-electron chi connectivity index (χ0n) is 9.46. The smallest absolute Gasteiger partial charge is 0.0752 e. The van der Waals surface area contributed by atoms with Gasteiger partial charge < -0.3 is 4.74 Å². The summed E-state index contributed by atoms with van der Waals surface area (Å²) in [5.41, 5.74) is 3.12. The number of para-hydroxylation sites is 1. The minimum absolute atomic E-state index is 0.701. The van der Waals surface area contributed by atoms with E-state index in [0.29, 0.717) is 6.61 Å². The Balaban J connectivity index is 2.57. The normalized spacial score (nSPS) is 10.9. The van der Waals surface area contributed by atoms with E-state index in [-0.39, 0.29) is 0 Å². The molecule has 1 aromatic carbocycles. The topological polar surface area (TPSA) is 22.1 Å². The first-order chi connectivity index (χ1) is 7.72. The molecule has 0 unspecified atom stereocenters. The SMILES string of the molecule is COCCc1cccc2c(Cl)cc(C)nc12. The Morgan fingerprint density at radius 1 is 1.38 bits per heavy atom. The van der Waals surface area contributed by atoms with E-state index < -0.39 is 0 Å². The third-order valence-electron chi connectivity index (χ3n) is 2.58. The molecule has 1 heterocycles. The summed E-state index contributed by atoms with van der Waals surface area (Å²) in [6, 6.07) is 7.98. The van der Waals surface area contributed by atoms with Crippen LogP contribution in [0.4, 0.5) is 0 Å². The number of aromatic nitrogens is 1. The molecule has 16 heavy (non-hydrogen) atoms. The van der Waals surface area contributed by atoms with E-state index in [9.17, 15) is 0 Å². The molecule has 0 saturated heterocycles. The van der Waals surface area contributed by atoms with Crippen molar-refractivity contribution in [3.05, 3.63) is 40.5 Å². The first kappa shape index (κ1) is 11.4. The number of fused-ring (bicyclic) bond motifs is 1. The minimum Gasteiger partial charge on any atom is -0.384 e. The number of halogens is 1. The van der Waals surface area contributed by atoms with Crippen LogP contribution >= 0.6 is 11.6 Å². The van der Waals surface area contributed by atoms with E-state index in [4.69, 9.17) is 16.3 Å². The zero-order chi connectivity index (χ0) is 11.5. The summed E-state index contributed by atoms with van der Waals surface area (Å²) in [5, 5.41) is 1.78.